The summed E-state index contributed by atoms with van der Waals surface area (Å²) in [6, 6.07) is 6.01. The first-order chi connectivity index (χ1) is 11.8. The van der Waals surface area contributed by atoms with Crippen LogP contribution in [0.4, 0.5) is 5.82 Å². The van der Waals surface area contributed by atoms with Gasteiger partial charge in [-0.25, -0.2) is 9.50 Å². The predicted molar refractivity (Wildman–Crippen MR) is 92.4 cm³/mol. The van der Waals surface area contributed by atoms with Gasteiger partial charge in [-0.3, -0.25) is 4.98 Å². The summed E-state index contributed by atoms with van der Waals surface area (Å²) < 4.78 is 7.81. The number of anilines is 1. The summed E-state index contributed by atoms with van der Waals surface area (Å²) in [5.41, 5.74) is 1.97. The summed E-state index contributed by atoms with van der Waals surface area (Å²) in [4.78, 5) is 10.7. The lowest BCUT2D eigenvalue weighted by atomic mass is 9.98. The molecule has 6 heteroatoms. The van der Waals surface area contributed by atoms with E-state index in [1.54, 1.807) is 12.4 Å². The third-order valence-corrected chi connectivity index (χ3v) is 4.62. The Bertz CT molecular complexity index is 823. The van der Waals surface area contributed by atoms with E-state index in [1.165, 1.54) is 0 Å². The van der Waals surface area contributed by atoms with E-state index in [2.05, 4.69) is 26.0 Å². The summed E-state index contributed by atoms with van der Waals surface area (Å²) >= 11 is 0. The average molecular weight is 323 g/mol. The maximum absolute atomic E-state index is 5.98. The Kier molecular flexibility index (Phi) is 4.02. The lowest BCUT2D eigenvalue weighted by Gasteiger charge is -2.32. The highest BCUT2D eigenvalue weighted by molar-refractivity contribution is 5.46. The van der Waals surface area contributed by atoms with E-state index in [-0.39, 0.29) is 0 Å². The highest BCUT2D eigenvalue weighted by atomic mass is 16.5. The van der Waals surface area contributed by atoms with Crippen molar-refractivity contribution in [2.45, 2.75) is 19.8 Å². The molecule has 4 heterocycles. The number of fused-ring (bicyclic) bond motifs is 1. The Hall–Kier alpha value is -2.63. The van der Waals surface area contributed by atoms with Gasteiger partial charge in [-0.15, -0.1) is 5.10 Å². The van der Waals surface area contributed by atoms with Crippen LogP contribution in [0.2, 0.25) is 0 Å². The Balaban J connectivity index is 1.34. The third kappa shape index (κ3) is 3.04. The van der Waals surface area contributed by atoms with Crippen LogP contribution < -0.4 is 9.64 Å². The number of ether oxygens (including phenoxy) is 1. The molecule has 0 spiro atoms. The number of rotatable bonds is 4. The zero-order valence-corrected chi connectivity index (χ0v) is 13.8. The summed E-state index contributed by atoms with van der Waals surface area (Å²) in [5.74, 6) is 2.55. The fourth-order valence-electron chi connectivity index (χ4n) is 3.13. The molecule has 0 atom stereocenters. The number of imidazole rings is 1. The van der Waals surface area contributed by atoms with Crippen LogP contribution in [0.15, 0.2) is 43.0 Å². The Morgan fingerprint density at radius 3 is 2.88 bits per heavy atom. The maximum atomic E-state index is 5.98. The van der Waals surface area contributed by atoms with Crippen molar-refractivity contribution in [2.75, 3.05) is 24.6 Å². The average Bonchev–Trinajstić information content (AvgIpc) is 3.09. The van der Waals surface area contributed by atoms with Crippen LogP contribution in [-0.4, -0.2) is 39.3 Å². The zero-order valence-electron chi connectivity index (χ0n) is 13.8. The SMILES string of the molecule is Cc1cnccc1OCC1CCN(c2ccc3nccn3n2)CC1. The van der Waals surface area contributed by atoms with Crippen molar-refractivity contribution in [2.24, 2.45) is 5.92 Å². The topological polar surface area (TPSA) is 55.5 Å². The zero-order chi connectivity index (χ0) is 16.4. The van der Waals surface area contributed by atoms with E-state index in [4.69, 9.17) is 4.74 Å². The molecule has 124 valence electrons. The highest BCUT2D eigenvalue weighted by Crippen LogP contribution is 2.24. The van der Waals surface area contributed by atoms with Crippen LogP contribution in [0.5, 0.6) is 5.75 Å². The number of pyridine rings is 1. The Morgan fingerprint density at radius 2 is 2.04 bits per heavy atom. The van der Waals surface area contributed by atoms with Gasteiger partial charge < -0.3 is 9.64 Å². The molecule has 1 aliphatic heterocycles. The normalized spacial score (nSPS) is 15.8. The van der Waals surface area contributed by atoms with E-state index >= 15 is 0 Å². The van der Waals surface area contributed by atoms with Crippen molar-refractivity contribution in [1.29, 1.82) is 0 Å². The largest absolute Gasteiger partial charge is 0.493 e. The summed E-state index contributed by atoms with van der Waals surface area (Å²) in [5, 5.41) is 4.63. The monoisotopic (exact) mass is 323 g/mol. The molecule has 0 N–H and O–H groups in total. The van der Waals surface area contributed by atoms with Gasteiger partial charge in [0.15, 0.2) is 5.65 Å². The Morgan fingerprint density at radius 1 is 1.17 bits per heavy atom. The van der Waals surface area contributed by atoms with Gasteiger partial charge in [0.05, 0.1) is 6.61 Å². The molecule has 1 aliphatic rings. The summed E-state index contributed by atoms with van der Waals surface area (Å²) in [6.07, 6.45) is 9.52. The fraction of sp³-hybridized carbons (Fsp3) is 0.389. The van der Waals surface area contributed by atoms with Crippen molar-refractivity contribution in [3.63, 3.8) is 0 Å². The smallest absolute Gasteiger partial charge is 0.153 e. The molecule has 1 fully saturated rings. The van der Waals surface area contributed by atoms with Crippen LogP contribution in [0, 0.1) is 12.8 Å². The molecule has 0 unspecified atom stereocenters. The van der Waals surface area contributed by atoms with E-state index in [9.17, 15) is 0 Å². The van der Waals surface area contributed by atoms with E-state index in [0.29, 0.717) is 5.92 Å². The molecule has 0 bridgehead atoms. The van der Waals surface area contributed by atoms with Crippen LogP contribution >= 0.6 is 0 Å². The second-order valence-electron chi connectivity index (χ2n) is 6.30. The van der Waals surface area contributed by atoms with Gasteiger partial charge in [0, 0.05) is 43.4 Å². The van der Waals surface area contributed by atoms with Crippen LogP contribution in [0.25, 0.3) is 5.65 Å². The maximum Gasteiger partial charge on any atom is 0.153 e. The summed E-state index contributed by atoms with van der Waals surface area (Å²) in [7, 11) is 0. The van der Waals surface area contributed by atoms with Crippen molar-refractivity contribution in [3.05, 3.63) is 48.5 Å². The number of aryl methyl sites for hydroxylation is 1. The lowest BCUT2D eigenvalue weighted by molar-refractivity contribution is 0.221. The minimum atomic E-state index is 0.589. The van der Waals surface area contributed by atoms with Crippen molar-refractivity contribution in [3.8, 4) is 5.75 Å². The van der Waals surface area contributed by atoms with Crippen LogP contribution in [-0.2, 0) is 0 Å². The first kappa shape index (κ1) is 14.9. The second kappa shape index (κ2) is 6.47. The quantitative estimate of drug-likeness (QED) is 0.739. The minimum absolute atomic E-state index is 0.589. The number of hydrogen-bond donors (Lipinski definition) is 0. The van der Waals surface area contributed by atoms with E-state index < -0.39 is 0 Å². The molecule has 0 amide bonds. The third-order valence-electron chi connectivity index (χ3n) is 4.62. The van der Waals surface area contributed by atoms with Crippen molar-refractivity contribution < 1.29 is 4.74 Å². The number of hydrogen-bond acceptors (Lipinski definition) is 5. The molecular formula is C18H21N5O. The molecule has 6 nitrogen and oxygen atoms in total. The molecule has 3 aromatic heterocycles. The van der Waals surface area contributed by atoms with Gasteiger partial charge >= 0.3 is 0 Å². The van der Waals surface area contributed by atoms with Gasteiger partial charge in [-0.05, 0) is 43.9 Å². The molecule has 0 radical (unpaired) electrons. The van der Waals surface area contributed by atoms with Gasteiger partial charge in [0.1, 0.15) is 11.6 Å². The lowest BCUT2D eigenvalue weighted by Crippen LogP contribution is -2.36. The first-order valence-corrected chi connectivity index (χ1v) is 8.38. The first-order valence-electron chi connectivity index (χ1n) is 8.38. The molecule has 0 saturated carbocycles. The molecular weight excluding hydrogens is 302 g/mol. The molecule has 4 rings (SSSR count). The predicted octanol–water partition coefficient (Wildman–Crippen LogP) is 2.73. The molecule has 0 aromatic carbocycles. The van der Waals surface area contributed by atoms with Crippen LogP contribution in [0.3, 0.4) is 0 Å². The minimum Gasteiger partial charge on any atom is -0.493 e. The Labute approximate surface area is 141 Å². The number of nitrogens with zero attached hydrogens (tertiary/aromatic N) is 5. The van der Waals surface area contributed by atoms with E-state index in [1.807, 2.05) is 36.0 Å². The van der Waals surface area contributed by atoms with Crippen molar-refractivity contribution >= 4 is 11.5 Å². The number of piperidine rings is 1. The molecule has 0 aliphatic carbocycles. The molecule has 3 aromatic rings. The highest BCUT2D eigenvalue weighted by Gasteiger charge is 2.21. The van der Waals surface area contributed by atoms with Gasteiger partial charge in [0.25, 0.3) is 0 Å². The van der Waals surface area contributed by atoms with Gasteiger partial charge in [0.2, 0.25) is 0 Å². The van der Waals surface area contributed by atoms with Gasteiger partial charge in [-0.1, -0.05) is 0 Å². The van der Waals surface area contributed by atoms with E-state index in [0.717, 1.165) is 55.3 Å². The molecule has 24 heavy (non-hydrogen) atoms. The standard InChI is InChI=1S/C18H21N5O/c1-14-12-19-7-4-16(14)24-13-15-5-9-22(10-6-15)18-3-2-17-20-8-11-23(17)21-18/h2-4,7-8,11-12,15H,5-6,9-10,13H2,1H3. The summed E-state index contributed by atoms with van der Waals surface area (Å²) in [6.45, 7) is 4.82. The number of aromatic nitrogens is 4. The fourth-order valence-corrected chi connectivity index (χ4v) is 3.13. The van der Waals surface area contributed by atoms with Crippen LogP contribution in [0.1, 0.15) is 18.4 Å². The second-order valence-corrected chi connectivity index (χ2v) is 6.30. The molecule has 1 saturated heterocycles. The van der Waals surface area contributed by atoms with Crippen molar-refractivity contribution in [1.82, 2.24) is 19.6 Å². The van der Waals surface area contributed by atoms with Gasteiger partial charge in [-0.2, -0.15) is 0 Å².